The Kier molecular flexibility index (Phi) is 7.08. The smallest absolute Gasteiger partial charge is 0.311 e. The summed E-state index contributed by atoms with van der Waals surface area (Å²) in [5.41, 5.74) is 3.17. The first-order valence-corrected chi connectivity index (χ1v) is 12.2. The fourth-order valence-corrected chi connectivity index (χ4v) is 4.39. The van der Waals surface area contributed by atoms with Gasteiger partial charge in [0.1, 0.15) is 17.2 Å². The maximum absolute atomic E-state index is 12.8. The Balaban J connectivity index is 1.25. The lowest BCUT2D eigenvalue weighted by molar-refractivity contribution is -0.139. The number of hydrogen-bond donors (Lipinski definition) is 1. The van der Waals surface area contributed by atoms with Crippen LogP contribution in [0.2, 0.25) is 10.0 Å². The first-order valence-electron chi connectivity index (χ1n) is 11.5. The monoisotopic (exact) mass is 534 g/mol. The minimum atomic E-state index is -0.918. The topological polar surface area (TPSA) is 98.6 Å². The summed E-state index contributed by atoms with van der Waals surface area (Å²) in [7, 11) is 0. The zero-order valence-electron chi connectivity index (χ0n) is 19.4. The van der Waals surface area contributed by atoms with Crippen LogP contribution in [0, 0.1) is 0 Å². The van der Waals surface area contributed by atoms with E-state index in [0.29, 0.717) is 57.8 Å². The summed E-state index contributed by atoms with van der Waals surface area (Å²) in [5.74, 6) is -0.456. The van der Waals surface area contributed by atoms with Crippen molar-refractivity contribution >= 4 is 35.0 Å². The number of carbonyl (C=O) groups is 2. The number of Topliss-reactive ketones (excluding diaryl/α,β-unsaturated/α-hetero) is 1. The number of hydrogen-bond acceptors (Lipinski definition) is 6. The van der Waals surface area contributed by atoms with Crippen molar-refractivity contribution in [2.75, 3.05) is 6.61 Å². The van der Waals surface area contributed by atoms with E-state index in [1.165, 1.54) is 0 Å². The third-order valence-electron chi connectivity index (χ3n) is 6.01. The zero-order valence-corrected chi connectivity index (χ0v) is 20.9. The van der Waals surface area contributed by atoms with Crippen molar-refractivity contribution in [1.29, 1.82) is 0 Å². The van der Waals surface area contributed by atoms with Gasteiger partial charge < -0.3 is 14.6 Å². The average molecular weight is 535 g/mol. The molecular weight excluding hydrogens is 515 g/mol. The van der Waals surface area contributed by atoms with Crippen molar-refractivity contribution in [2.24, 2.45) is 0 Å². The van der Waals surface area contributed by atoms with Gasteiger partial charge in [-0.3, -0.25) is 9.59 Å². The van der Waals surface area contributed by atoms with Gasteiger partial charge in [0.05, 0.1) is 35.4 Å². The molecule has 1 aliphatic heterocycles. The minimum Gasteiger partial charge on any atom is -0.493 e. The number of fused-ring (bicyclic) bond motifs is 1. The molecule has 0 amide bonds. The predicted molar refractivity (Wildman–Crippen MR) is 139 cm³/mol. The number of aromatic nitrogens is 2. The van der Waals surface area contributed by atoms with E-state index in [1.807, 2.05) is 18.2 Å². The van der Waals surface area contributed by atoms with E-state index in [1.54, 1.807) is 54.6 Å². The van der Waals surface area contributed by atoms with Crippen molar-refractivity contribution in [3.63, 3.8) is 0 Å². The Labute approximate surface area is 222 Å². The highest BCUT2D eigenvalue weighted by atomic mass is 35.5. The van der Waals surface area contributed by atoms with E-state index in [2.05, 4.69) is 10.2 Å². The van der Waals surface area contributed by atoms with Crippen LogP contribution >= 0.6 is 23.2 Å². The van der Waals surface area contributed by atoms with Gasteiger partial charge in [0.25, 0.3) is 0 Å². The maximum atomic E-state index is 12.8. The molecule has 1 unspecified atom stereocenters. The van der Waals surface area contributed by atoms with Gasteiger partial charge in [0.2, 0.25) is 0 Å². The largest absolute Gasteiger partial charge is 0.493 e. The molecule has 5 rings (SSSR count). The molecule has 7 nitrogen and oxygen atoms in total. The first-order chi connectivity index (χ1) is 17.9. The van der Waals surface area contributed by atoms with Crippen LogP contribution in [-0.2, 0) is 11.2 Å². The summed E-state index contributed by atoms with van der Waals surface area (Å²) in [4.78, 5) is 24.3. The van der Waals surface area contributed by atoms with Crippen molar-refractivity contribution in [1.82, 2.24) is 10.2 Å². The maximum Gasteiger partial charge on any atom is 0.311 e. The number of carboxylic acids is 1. The molecule has 0 aliphatic carbocycles. The van der Waals surface area contributed by atoms with E-state index in [-0.39, 0.29) is 17.2 Å². The fourth-order valence-electron chi connectivity index (χ4n) is 4.06. The molecule has 2 heterocycles. The van der Waals surface area contributed by atoms with Crippen molar-refractivity contribution in [2.45, 2.75) is 18.8 Å². The van der Waals surface area contributed by atoms with E-state index in [9.17, 15) is 14.7 Å². The normalized spacial score (nSPS) is 14.4. The van der Waals surface area contributed by atoms with Crippen LogP contribution in [-0.4, -0.2) is 33.7 Å². The lowest BCUT2D eigenvalue weighted by Crippen LogP contribution is -2.20. The van der Waals surface area contributed by atoms with Crippen molar-refractivity contribution < 1.29 is 24.2 Å². The average Bonchev–Trinajstić information content (AvgIpc) is 2.90. The van der Waals surface area contributed by atoms with E-state index < -0.39 is 11.9 Å². The lowest BCUT2D eigenvalue weighted by atomic mass is 9.93. The number of aliphatic carboxylic acids is 1. The SMILES string of the molecule is O=C(Cc1ccc(-c2ccc(Cl)cc2)nn1)c1ccc(Oc2cc3c(cc2Cl)C(C(=O)O)CCO3)cc1. The molecule has 0 saturated heterocycles. The second-order valence-corrected chi connectivity index (χ2v) is 9.34. The third kappa shape index (κ3) is 5.58. The molecule has 1 aliphatic rings. The van der Waals surface area contributed by atoms with Gasteiger partial charge >= 0.3 is 5.97 Å². The molecule has 0 bridgehead atoms. The number of carboxylic acid groups (broad SMARTS) is 1. The Morgan fingerprint density at radius 1 is 0.973 bits per heavy atom. The second-order valence-electron chi connectivity index (χ2n) is 8.49. The summed E-state index contributed by atoms with van der Waals surface area (Å²) in [5, 5.41) is 18.8. The fraction of sp³-hybridized carbons (Fsp3) is 0.143. The lowest BCUT2D eigenvalue weighted by Gasteiger charge is -2.24. The molecule has 4 aromatic rings. The third-order valence-corrected chi connectivity index (χ3v) is 6.55. The Hall–Kier alpha value is -3.94. The molecule has 1 N–H and O–H groups in total. The van der Waals surface area contributed by atoms with Crippen molar-refractivity contribution in [3.8, 4) is 28.5 Å². The molecule has 37 heavy (non-hydrogen) atoms. The zero-order chi connectivity index (χ0) is 25.9. The van der Waals surface area contributed by atoms with Crippen LogP contribution < -0.4 is 9.47 Å². The number of halogens is 2. The molecule has 0 radical (unpaired) electrons. The second kappa shape index (κ2) is 10.6. The molecule has 9 heteroatoms. The van der Waals surface area contributed by atoms with Crippen molar-refractivity contribution in [3.05, 3.63) is 99.7 Å². The number of carbonyl (C=O) groups excluding carboxylic acids is 1. The van der Waals surface area contributed by atoms with Gasteiger partial charge in [-0.15, -0.1) is 0 Å². The molecule has 3 aromatic carbocycles. The number of benzene rings is 3. The summed E-state index contributed by atoms with van der Waals surface area (Å²) in [6, 6.07) is 20.7. The van der Waals surface area contributed by atoms with Crippen LogP contribution in [0.15, 0.2) is 72.8 Å². The van der Waals surface area contributed by atoms with Gasteiger partial charge in [-0.2, -0.15) is 10.2 Å². The summed E-state index contributed by atoms with van der Waals surface area (Å²) < 4.78 is 11.5. The molecule has 0 spiro atoms. The van der Waals surface area contributed by atoms with Gasteiger partial charge in [-0.25, -0.2) is 0 Å². The number of ketones is 1. The number of rotatable bonds is 7. The molecule has 0 saturated carbocycles. The van der Waals surface area contributed by atoms with Crippen LogP contribution in [0.3, 0.4) is 0 Å². The number of nitrogens with zero attached hydrogens (tertiary/aromatic N) is 2. The van der Waals surface area contributed by atoms with E-state index in [0.717, 1.165) is 5.56 Å². The highest BCUT2D eigenvalue weighted by Crippen LogP contribution is 2.41. The van der Waals surface area contributed by atoms with Crippen LogP contribution in [0.25, 0.3) is 11.3 Å². The Morgan fingerprint density at radius 3 is 2.41 bits per heavy atom. The Morgan fingerprint density at radius 2 is 1.73 bits per heavy atom. The van der Waals surface area contributed by atoms with Gasteiger partial charge in [0, 0.05) is 27.8 Å². The van der Waals surface area contributed by atoms with Crippen LogP contribution in [0.1, 0.15) is 34.0 Å². The number of ether oxygens (including phenoxy) is 2. The quantitative estimate of drug-likeness (QED) is 0.266. The van der Waals surface area contributed by atoms with E-state index >= 15 is 0 Å². The molecule has 0 fully saturated rings. The van der Waals surface area contributed by atoms with Gasteiger partial charge in [-0.05, 0) is 61.0 Å². The highest BCUT2D eigenvalue weighted by molar-refractivity contribution is 6.32. The minimum absolute atomic E-state index is 0.104. The summed E-state index contributed by atoms with van der Waals surface area (Å²) in [6.45, 7) is 0.302. The predicted octanol–water partition coefficient (Wildman–Crippen LogP) is 6.62. The molecule has 1 atom stereocenters. The first kappa shape index (κ1) is 24.7. The highest BCUT2D eigenvalue weighted by Gasteiger charge is 2.29. The summed E-state index contributed by atoms with van der Waals surface area (Å²) in [6.07, 6.45) is 0.485. The van der Waals surface area contributed by atoms with Gasteiger partial charge in [-0.1, -0.05) is 35.3 Å². The standard InChI is InChI=1S/C28H20Cl2N2O5/c29-18-5-1-16(2-6-18)24-10-7-19(31-32-24)13-25(33)17-3-8-20(9-4-17)37-27-15-26-22(14-23(27)30)21(28(34)35)11-12-36-26/h1-10,14-15,21H,11-13H2,(H,34,35). The molecular formula is C28H20Cl2N2O5. The van der Waals surface area contributed by atoms with Gasteiger partial charge in [0.15, 0.2) is 5.78 Å². The molecule has 1 aromatic heterocycles. The van der Waals surface area contributed by atoms with E-state index in [4.69, 9.17) is 32.7 Å². The summed E-state index contributed by atoms with van der Waals surface area (Å²) >= 11 is 12.3. The molecule has 186 valence electrons. The van der Waals surface area contributed by atoms with Crippen LogP contribution in [0.5, 0.6) is 17.2 Å². The Bertz CT molecular complexity index is 1460. The van der Waals surface area contributed by atoms with Crippen LogP contribution in [0.4, 0.5) is 0 Å².